The standard InChI is InChI=1S/C19H21FN4O2/c1-3-18(22-19(25)21-17-12-8-7-11-16(17)20)26-24-23-14(2)13-15-9-5-4-6-10-15/h3-12,14H,13H2,1-2H3,(H2,21,22,25)/b18-3-,24-23?. The van der Waals surface area contributed by atoms with Crippen LogP contribution in [-0.4, -0.2) is 12.1 Å². The third-order valence-corrected chi connectivity index (χ3v) is 3.38. The Balaban J connectivity index is 1.81. The second-order valence-corrected chi connectivity index (χ2v) is 5.54. The summed E-state index contributed by atoms with van der Waals surface area (Å²) in [7, 11) is 0. The van der Waals surface area contributed by atoms with Crippen LogP contribution in [0, 0.1) is 5.82 Å². The predicted octanol–water partition coefficient (Wildman–Crippen LogP) is 4.82. The molecule has 2 N–H and O–H groups in total. The maximum Gasteiger partial charge on any atom is 0.326 e. The average molecular weight is 356 g/mol. The molecule has 1 atom stereocenters. The topological polar surface area (TPSA) is 75.1 Å². The molecule has 0 bridgehead atoms. The highest BCUT2D eigenvalue weighted by molar-refractivity contribution is 5.90. The van der Waals surface area contributed by atoms with Crippen LogP contribution < -0.4 is 10.6 Å². The Labute approximate surface area is 151 Å². The van der Waals surface area contributed by atoms with Crippen LogP contribution >= 0.6 is 0 Å². The Kier molecular flexibility index (Phi) is 7.30. The smallest absolute Gasteiger partial charge is 0.321 e. The molecule has 7 heteroatoms. The highest BCUT2D eigenvalue weighted by atomic mass is 19.1. The van der Waals surface area contributed by atoms with Crippen LogP contribution in [0.3, 0.4) is 0 Å². The van der Waals surface area contributed by atoms with E-state index in [1.165, 1.54) is 24.3 Å². The largest absolute Gasteiger partial charge is 0.326 e. The summed E-state index contributed by atoms with van der Waals surface area (Å²) < 4.78 is 13.5. The molecule has 26 heavy (non-hydrogen) atoms. The van der Waals surface area contributed by atoms with Crippen molar-refractivity contribution in [1.29, 1.82) is 0 Å². The molecule has 0 saturated heterocycles. The number of anilines is 1. The van der Waals surface area contributed by atoms with Gasteiger partial charge in [0.2, 0.25) is 5.88 Å². The normalized spacial score (nSPS) is 12.7. The first-order chi connectivity index (χ1) is 12.6. The fourth-order valence-electron chi connectivity index (χ4n) is 2.12. The number of para-hydroxylation sites is 1. The number of amides is 2. The van der Waals surface area contributed by atoms with E-state index in [9.17, 15) is 9.18 Å². The first kappa shape index (κ1) is 19.1. The maximum absolute atomic E-state index is 13.5. The first-order valence-electron chi connectivity index (χ1n) is 8.18. The minimum absolute atomic E-state index is 0.0681. The number of carbonyl (C=O) groups is 1. The minimum atomic E-state index is -0.643. The first-order valence-corrected chi connectivity index (χ1v) is 8.18. The molecule has 2 amide bonds. The van der Waals surface area contributed by atoms with Crippen LogP contribution in [0.1, 0.15) is 19.4 Å². The molecule has 1 unspecified atom stereocenters. The van der Waals surface area contributed by atoms with Crippen molar-refractivity contribution in [3.8, 4) is 0 Å². The highest BCUT2D eigenvalue weighted by Gasteiger charge is 2.08. The van der Waals surface area contributed by atoms with Gasteiger partial charge in [-0.05, 0) is 44.0 Å². The lowest BCUT2D eigenvalue weighted by molar-refractivity contribution is 0.175. The van der Waals surface area contributed by atoms with Gasteiger partial charge < -0.3 is 10.2 Å². The summed E-state index contributed by atoms with van der Waals surface area (Å²) in [5, 5.41) is 12.5. The van der Waals surface area contributed by atoms with E-state index in [2.05, 4.69) is 21.0 Å². The minimum Gasteiger partial charge on any atom is -0.321 e. The van der Waals surface area contributed by atoms with E-state index >= 15 is 0 Å². The third-order valence-electron chi connectivity index (χ3n) is 3.38. The molecule has 0 radical (unpaired) electrons. The van der Waals surface area contributed by atoms with Crippen LogP contribution in [0.15, 0.2) is 76.9 Å². The van der Waals surface area contributed by atoms with Gasteiger partial charge in [0.25, 0.3) is 0 Å². The molecule has 2 rings (SSSR count). The molecule has 0 aromatic heterocycles. The van der Waals surface area contributed by atoms with Crippen molar-refractivity contribution in [3.63, 3.8) is 0 Å². The van der Waals surface area contributed by atoms with Gasteiger partial charge in [-0.1, -0.05) is 42.5 Å². The molecular formula is C19H21FN4O2. The van der Waals surface area contributed by atoms with Gasteiger partial charge in [0, 0.05) is 5.28 Å². The third kappa shape index (κ3) is 6.35. The SMILES string of the molecule is C/C=C(/NC(=O)Nc1ccccc1F)ON=NC(C)Cc1ccccc1. The Bertz CT molecular complexity index is 778. The monoisotopic (exact) mass is 356 g/mol. The van der Waals surface area contributed by atoms with E-state index in [-0.39, 0.29) is 17.6 Å². The summed E-state index contributed by atoms with van der Waals surface area (Å²) in [5.74, 6) is -0.436. The molecule has 2 aromatic carbocycles. The molecule has 2 aromatic rings. The van der Waals surface area contributed by atoms with Gasteiger partial charge in [0.05, 0.1) is 11.7 Å². The Morgan fingerprint density at radius 2 is 1.88 bits per heavy atom. The van der Waals surface area contributed by atoms with Crippen molar-refractivity contribution in [2.24, 2.45) is 10.4 Å². The van der Waals surface area contributed by atoms with Crippen LogP contribution in [0.25, 0.3) is 0 Å². The van der Waals surface area contributed by atoms with Crippen LogP contribution in [0.4, 0.5) is 14.9 Å². The molecule has 0 fully saturated rings. The summed E-state index contributed by atoms with van der Waals surface area (Å²) in [5.41, 5.74) is 1.21. The number of urea groups is 1. The Morgan fingerprint density at radius 1 is 1.19 bits per heavy atom. The van der Waals surface area contributed by atoms with Gasteiger partial charge in [-0.15, -0.1) is 5.11 Å². The zero-order chi connectivity index (χ0) is 18.8. The van der Waals surface area contributed by atoms with Crippen molar-refractivity contribution >= 4 is 11.7 Å². The summed E-state index contributed by atoms with van der Waals surface area (Å²) >= 11 is 0. The van der Waals surface area contributed by atoms with Crippen molar-refractivity contribution in [1.82, 2.24) is 5.32 Å². The Hall–Kier alpha value is -3.22. The van der Waals surface area contributed by atoms with Crippen LogP contribution in [0.2, 0.25) is 0 Å². The molecule has 6 nitrogen and oxygen atoms in total. The number of halogens is 1. The number of rotatable bonds is 7. The number of hydrogen-bond donors (Lipinski definition) is 2. The van der Waals surface area contributed by atoms with Gasteiger partial charge in [-0.3, -0.25) is 5.32 Å². The summed E-state index contributed by atoms with van der Waals surface area (Å²) in [4.78, 5) is 17.0. The molecule has 0 saturated carbocycles. The molecule has 136 valence electrons. The van der Waals surface area contributed by atoms with E-state index < -0.39 is 11.8 Å². The highest BCUT2D eigenvalue weighted by Crippen LogP contribution is 2.12. The summed E-state index contributed by atoms with van der Waals surface area (Å²) in [6, 6.07) is 15.0. The van der Waals surface area contributed by atoms with E-state index in [1.807, 2.05) is 37.3 Å². The zero-order valence-electron chi connectivity index (χ0n) is 14.6. The van der Waals surface area contributed by atoms with Crippen molar-refractivity contribution < 1.29 is 14.0 Å². The number of hydrogen-bond acceptors (Lipinski definition) is 4. The number of nitrogens with zero attached hydrogens (tertiary/aromatic N) is 2. The Morgan fingerprint density at radius 3 is 2.58 bits per heavy atom. The lowest BCUT2D eigenvalue weighted by atomic mass is 10.1. The van der Waals surface area contributed by atoms with E-state index in [0.29, 0.717) is 0 Å². The second-order valence-electron chi connectivity index (χ2n) is 5.54. The summed E-state index contributed by atoms with van der Waals surface area (Å²) in [6.45, 7) is 3.58. The quantitative estimate of drug-likeness (QED) is 0.424. The van der Waals surface area contributed by atoms with Crippen molar-refractivity contribution in [3.05, 3.63) is 77.9 Å². The summed E-state index contributed by atoms with van der Waals surface area (Å²) in [6.07, 6.45) is 2.24. The second kappa shape index (κ2) is 9.93. The number of allylic oxidation sites excluding steroid dienone is 1. The van der Waals surface area contributed by atoms with Gasteiger partial charge >= 0.3 is 6.03 Å². The van der Waals surface area contributed by atoms with E-state index in [4.69, 9.17) is 4.84 Å². The molecule has 0 aliphatic rings. The molecule has 0 aliphatic carbocycles. The number of nitrogens with one attached hydrogen (secondary N) is 2. The lowest BCUT2D eigenvalue weighted by Crippen LogP contribution is -2.29. The predicted molar refractivity (Wildman–Crippen MR) is 97.9 cm³/mol. The fraction of sp³-hybridized carbons (Fsp3) is 0.211. The van der Waals surface area contributed by atoms with Gasteiger partial charge in [-0.2, -0.15) is 0 Å². The maximum atomic E-state index is 13.5. The van der Waals surface area contributed by atoms with Gasteiger partial charge in [0.1, 0.15) is 5.82 Å². The molecule has 0 heterocycles. The van der Waals surface area contributed by atoms with E-state index in [0.717, 1.165) is 12.0 Å². The van der Waals surface area contributed by atoms with Crippen molar-refractivity contribution in [2.45, 2.75) is 26.3 Å². The van der Waals surface area contributed by atoms with Crippen LogP contribution in [0.5, 0.6) is 0 Å². The zero-order valence-corrected chi connectivity index (χ0v) is 14.6. The van der Waals surface area contributed by atoms with Crippen LogP contribution in [-0.2, 0) is 11.3 Å². The molecular weight excluding hydrogens is 335 g/mol. The molecule has 0 aliphatic heterocycles. The number of benzene rings is 2. The van der Waals surface area contributed by atoms with E-state index in [1.54, 1.807) is 13.0 Å². The molecule has 0 spiro atoms. The lowest BCUT2D eigenvalue weighted by Gasteiger charge is -2.09. The van der Waals surface area contributed by atoms with Crippen molar-refractivity contribution in [2.75, 3.05) is 5.32 Å². The van der Waals surface area contributed by atoms with Gasteiger partial charge in [-0.25, -0.2) is 9.18 Å². The average Bonchev–Trinajstić information content (AvgIpc) is 2.63. The fourth-order valence-corrected chi connectivity index (χ4v) is 2.12. The van der Waals surface area contributed by atoms with Gasteiger partial charge in [0.15, 0.2) is 0 Å². The number of carbonyl (C=O) groups excluding carboxylic acids is 1.